The molecule has 1 aromatic carbocycles. The van der Waals surface area contributed by atoms with Gasteiger partial charge in [0.05, 0.1) is 7.11 Å². The summed E-state index contributed by atoms with van der Waals surface area (Å²) in [6.45, 7) is 0.675. The van der Waals surface area contributed by atoms with Crippen LogP contribution in [0.15, 0.2) is 23.3 Å². The van der Waals surface area contributed by atoms with Gasteiger partial charge in [0.25, 0.3) is 5.91 Å². The number of carbonyl (C=O) groups is 2. The van der Waals surface area contributed by atoms with Gasteiger partial charge >= 0.3 is 0 Å². The van der Waals surface area contributed by atoms with E-state index in [1.807, 2.05) is 18.2 Å². The molecule has 0 aromatic heterocycles. The summed E-state index contributed by atoms with van der Waals surface area (Å²) in [5, 5.41) is 5.39. The van der Waals surface area contributed by atoms with Crippen LogP contribution in [0, 0.1) is 0 Å². The fourth-order valence-corrected chi connectivity index (χ4v) is 2.89. The van der Waals surface area contributed by atoms with E-state index < -0.39 is 0 Å². The van der Waals surface area contributed by atoms with E-state index in [-0.39, 0.29) is 11.8 Å². The molecular formula is C16H19N3O3. The van der Waals surface area contributed by atoms with E-state index >= 15 is 0 Å². The van der Waals surface area contributed by atoms with Gasteiger partial charge in [0, 0.05) is 32.1 Å². The maximum absolute atomic E-state index is 12.7. The van der Waals surface area contributed by atoms with Gasteiger partial charge < -0.3 is 9.64 Å². The smallest absolute Gasteiger partial charge is 0.274 e. The highest BCUT2D eigenvalue weighted by molar-refractivity contribution is 6.44. The van der Waals surface area contributed by atoms with Crippen LogP contribution in [0.25, 0.3) is 0 Å². The standard InChI is InChI=1S/C16H19N3O3/c1-18-15(20)8-6-13(17-18)16(21)19-9-3-4-11-10-12(22-2)5-7-14(11)19/h5,7,10H,3-4,6,8-9H2,1-2H3. The van der Waals surface area contributed by atoms with Crippen molar-refractivity contribution in [2.24, 2.45) is 5.10 Å². The minimum Gasteiger partial charge on any atom is -0.497 e. The Morgan fingerprint density at radius 2 is 2.09 bits per heavy atom. The third-order valence-electron chi connectivity index (χ3n) is 4.10. The molecule has 2 aliphatic heterocycles. The van der Waals surface area contributed by atoms with Gasteiger partial charge in [0.1, 0.15) is 11.5 Å². The van der Waals surface area contributed by atoms with E-state index in [1.54, 1.807) is 19.1 Å². The van der Waals surface area contributed by atoms with Crippen molar-refractivity contribution in [2.75, 3.05) is 25.6 Å². The molecule has 0 atom stereocenters. The van der Waals surface area contributed by atoms with Gasteiger partial charge in [-0.1, -0.05) is 0 Å². The Morgan fingerprint density at radius 1 is 1.27 bits per heavy atom. The first-order chi connectivity index (χ1) is 10.6. The van der Waals surface area contributed by atoms with E-state index in [0.29, 0.717) is 25.1 Å². The largest absolute Gasteiger partial charge is 0.497 e. The van der Waals surface area contributed by atoms with Crippen LogP contribution < -0.4 is 9.64 Å². The molecule has 0 bridgehead atoms. The maximum atomic E-state index is 12.7. The van der Waals surface area contributed by atoms with Crippen LogP contribution in [0.3, 0.4) is 0 Å². The number of hydrogen-bond acceptors (Lipinski definition) is 4. The fourth-order valence-electron chi connectivity index (χ4n) is 2.89. The Kier molecular flexibility index (Phi) is 3.83. The third kappa shape index (κ3) is 2.56. The minimum atomic E-state index is -0.106. The van der Waals surface area contributed by atoms with Crippen molar-refractivity contribution >= 4 is 23.2 Å². The maximum Gasteiger partial charge on any atom is 0.274 e. The number of aryl methyl sites for hydroxylation is 1. The van der Waals surface area contributed by atoms with Crippen LogP contribution in [0.4, 0.5) is 5.69 Å². The van der Waals surface area contributed by atoms with Crippen molar-refractivity contribution in [2.45, 2.75) is 25.7 Å². The van der Waals surface area contributed by atoms with Gasteiger partial charge in [-0.3, -0.25) is 9.59 Å². The highest BCUT2D eigenvalue weighted by atomic mass is 16.5. The zero-order valence-corrected chi connectivity index (χ0v) is 12.8. The molecule has 0 unspecified atom stereocenters. The first-order valence-corrected chi connectivity index (χ1v) is 7.43. The molecular weight excluding hydrogens is 282 g/mol. The summed E-state index contributed by atoms with van der Waals surface area (Å²) in [6, 6.07) is 5.76. The number of ether oxygens (including phenoxy) is 1. The minimum absolute atomic E-state index is 0.0552. The van der Waals surface area contributed by atoms with E-state index in [2.05, 4.69) is 5.10 Å². The number of rotatable bonds is 2. The van der Waals surface area contributed by atoms with Gasteiger partial charge in [-0.2, -0.15) is 5.10 Å². The number of hydrazone groups is 1. The molecule has 0 aliphatic carbocycles. The predicted octanol–water partition coefficient (Wildman–Crippen LogP) is 1.58. The number of anilines is 1. The number of fused-ring (bicyclic) bond motifs is 1. The highest BCUT2D eigenvalue weighted by Crippen LogP contribution is 2.31. The molecule has 116 valence electrons. The first-order valence-electron chi connectivity index (χ1n) is 7.43. The summed E-state index contributed by atoms with van der Waals surface area (Å²) in [4.78, 5) is 26.0. The van der Waals surface area contributed by atoms with Crippen molar-refractivity contribution in [1.29, 1.82) is 0 Å². The number of carbonyl (C=O) groups excluding carboxylic acids is 2. The number of amides is 2. The summed E-state index contributed by atoms with van der Waals surface area (Å²) in [5.41, 5.74) is 2.48. The second-order valence-electron chi connectivity index (χ2n) is 5.52. The van der Waals surface area contributed by atoms with Crippen LogP contribution in [0.5, 0.6) is 5.75 Å². The molecule has 2 amide bonds. The summed E-state index contributed by atoms with van der Waals surface area (Å²) >= 11 is 0. The Labute approximate surface area is 129 Å². The molecule has 3 rings (SSSR count). The number of hydrogen-bond donors (Lipinski definition) is 0. The van der Waals surface area contributed by atoms with E-state index in [9.17, 15) is 9.59 Å². The summed E-state index contributed by atoms with van der Waals surface area (Å²) in [7, 11) is 3.22. The molecule has 1 aromatic rings. The van der Waals surface area contributed by atoms with E-state index in [0.717, 1.165) is 29.8 Å². The normalized spacial score (nSPS) is 17.9. The van der Waals surface area contributed by atoms with Crippen molar-refractivity contribution in [3.63, 3.8) is 0 Å². The molecule has 0 spiro atoms. The van der Waals surface area contributed by atoms with Crippen LogP contribution in [0.1, 0.15) is 24.8 Å². The molecule has 0 saturated heterocycles. The quantitative estimate of drug-likeness (QED) is 0.833. The van der Waals surface area contributed by atoms with Crippen molar-refractivity contribution < 1.29 is 14.3 Å². The molecule has 2 heterocycles. The van der Waals surface area contributed by atoms with Gasteiger partial charge in [-0.15, -0.1) is 0 Å². The Bertz CT molecular complexity index is 654. The lowest BCUT2D eigenvalue weighted by atomic mass is 10.00. The molecule has 6 nitrogen and oxygen atoms in total. The van der Waals surface area contributed by atoms with Crippen LogP contribution in [-0.4, -0.2) is 43.2 Å². The van der Waals surface area contributed by atoms with Gasteiger partial charge in [-0.05, 0) is 36.6 Å². The molecule has 22 heavy (non-hydrogen) atoms. The van der Waals surface area contributed by atoms with Crippen LogP contribution in [0.2, 0.25) is 0 Å². The van der Waals surface area contributed by atoms with Gasteiger partial charge in [0.2, 0.25) is 5.91 Å². The van der Waals surface area contributed by atoms with Gasteiger partial charge in [-0.25, -0.2) is 5.01 Å². The second-order valence-corrected chi connectivity index (χ2v) is 5.52. The molecule has 0 radical (unpaired) electrons. The van der Waals surface area contributed by atoms with Crippen molar-refractivity contribution in [1.82, 2.24) is 5.01 Å². The van der Waals surface area contributed by atoms with E-state index in [4.69, 9.17) is 4.74 Å². The highest BCUT2D eigenvalue weighted by Gasteiger charge is 2.29. The van der Waals surface area contributed by atoms with Crippen LogP contribution >= 0.6 is 0 Å². The topological polar surface area (TPSA) is 62.2 Å². The third-order valence-corrected chi connectivity index (χ3v) is 4.10. The average molecular weight is 301 g/mol. The molecule has 0 saturated carbocycles. The second kappa shape index (κ2) is 5.79. The lowest BCUT2D eigenvalue weighted by Gasteiger charge is -2.31. The molecule has 0 fully saturated rings. The fraction of sp³-hybridized carbons (Fsp3) is 0.438. The monoisotopic (exact) mass is 301 g/mol. The summed E-state index contributed by atoms with van der Waals surface area (Å²) in [6.07, 6.45) is 2.59. The molecule has 0 N–H and O–H groups in total. The lowest BCUT2D eigenvalue weighted by molar-refractivity contribution is -0.130. The number of methoxy groups -OCH3 is 1. The molecule has 2 aliphatic rings. The average Bonchev–Trinajstić information content (AvgIpc) is 2.55. The van der Waals surface area contributed by atoms with Crippen molar-refractivity contribution in [3.8, 4) is 5.75 Å². The Hall–Kier alpha value is -2.37. The summed E-state index contributed by atoms with van der Waals surface area (Å²) in [5.74, 6) is 0.638. The van der Waals surface area contributed by atoms with E-state index in [1.165, 1.54) is 5.01 Å². The van der Waals surface area contributed by atoms with Crippen molar-refractivity contribution in [3.05, 3.63) is 23.8 Å². The lowest BCUT2D eigenvalue weighted by Crippen LogP contribution is -2.43. The number of benzene rings is 1. The van der Waals surface area contributed by atoms with Crippen LogP contribution in [-0.2, 0) is 16.0 Å². The summed E-state index contributed by atoms with van der Waals surface area (Å²) < 4.78 is 5.25. The zero-order chi connectivity index (χ0) is 15.7. The first kappa shape index (κ1) is 14.6. The number of nitrogens with zero attached hydrogens (tertiary/aromatic N) is 3. The SMILES string of the molecule is COc1ccc2c(c1)CCCN2C(=O)C1=NN(C)C(=O)CC1. The Balaban J connectivity index is 1.89. The zero-order valence-electron chi connectivity index (χ0n) is 12.8. The Morgan fingerprint density at radius 3 is 2.82 bits per heavy atom. The molecule has 6 heteroatoms. The van der Waals surface area contributed by atoms with Gasteiger partial charge in [0.15, 0.2) is 0 Å². The predicted molar refractivity (Wildman–Crippen MR) is 83.1 cm³/mol.